The summed E-state index contributed by atoms with van der Waals surface area (Å²) in [5.41, 5.74) is -0.135. The van der Waals surface area contributed by atoms with E-state index in [0.29, 0.717) is 0 Å². The highest BCUT2D eigenvalue weighted by molar-refractivity contribution is 7.89. The number of rotatable bonds is 5. The molecule has 10 nitrogen and oxygen atoms in total. The lowest BCUT2D eigenvalue weighted by molar-refractivity contribution is 0.0521. The summed E-state index contributed by atoms with van der Waals surface area (Å²) < 4.78 is 36.3. The molecule has 24 heavy (non-hydrogen) atoms. The van der Waals surface area contributed by atoms with Gasteiger partial charge in [0.15, 0.2) is 5.03 Å². The summed E-state index contributed by atoms with van der Waals surface area (Å²) in [5, 5.41) is 5.69. The molecule has 2 rings (SSSR count). The van der Waals surface area contributed by atoms with E-state index in [1.54, 1.807) is 13.8 Å². The predicted molar refractivity (Wildman–Crippen MR) is 81.9 cm³/mol. The molecule has 0 aliphatic carbocycles. The van der Waals surface area contributed by atoms with E-state index >= 15 is 0 Å². The molecule has 1 N–H and O–H groups in total. The normalized spacial score (nSPS) is 16.0. The molecule has 0 radical (unpaired) electrons. The monoisotopic (exact) mass is 360 g/mol. The molecule has 0 bridgehead atoms. The predicted octanol–water partition coefficient (Wildman–Crippen LogP) is 0.0492. The number of nitrogens with zero attached hydrogens (tertiary/aromatic N) is 3. The molecule has 0 spiro atoms. The number of nitrogens with one attached hydrogen (secondary N) is 1. The van der Waals surface area contributed by atoms with E-state index in [-0.39, 0.29) is 50.0 Å². The fourth-order valence-corrected chi connectivity index (χ4v) is 3.76. The third kappa shape index (κ3) is 3.67. The van der Waals surface area contributed by atoms with Crippen LogP contribution < -0.4 is 0 Å². The topological polar surface area (TPSA) is 122 Å². The third-order valence-electron chi connectivity index (χ3n) is 3.46. The number of hydrogen-bond acceptors (Lipinski definition) is 7. The Balaban J connectivity index is 2.12. The van der Waals surface area contributed by atoms with E-state index in [2.05, 4.69) is 10.2 Å². The first kappa shape index (κ1) is 18.2. The summed E-state index contributed by atoms with van der Waals surface area (Å²) in [6, 6.07) is 0. The fraction of sp³-hybridized carbons (Fsp3) is 0.615. The molecule has 0 saturated carbocycles. The van der Waals surface area contributed by atoms with Crippen molar-refractivity contribution in [1.29, 1.82) is 0 Å². The van der Waals surface area contributed by atoms with Gasteiger partial charge in [-0.15, -0.1) is 0 Å². The number of piperazine rings is 1. The molecule has 134 valence electrons. The van der Waals surface area contributed by atoms with Crippen LogP contribution in [0.5, 0.6) is 0 Å². The molecule has 1 fully saturated rings. The van der Waals surface area contributed by atoms with Crippen LogP contribution in [0.25, 0.3) is 0 Å². The van der Waals surface area contributed by atoms with Gasteiger partial charge in [0.05, 0.1) is 19.4 Å². The van der Waals surface area contributed by atoms with Gasteiger partial charge in [-0.25, -0.2) is 18.0 Å². The summed E-state index contributed by atoms with van der Waals surface area (Å²) in [6.45, 7) is 4.33. The van der Waals surface area contributed by atoms with Crippen LogP contribution in [0.15, 0.2) is 11.2 Å². The van der Waals surface area contributed by atoms with Crippen LogP contribution in [-0.2, 0) is 19.5 Å². The standard InChI is InChI=1S/C13H20N4O6S/c1-3-22-12(18)10-9-14-15-11(10)24(20,21)17-7-5-16(6-8-17)13(19)23-4-2/h9H,3-8H2,1-2H3,(H,14,15). The van der Waals surface area contributed by atoms with E-state index in [0.717, 1.165) is 6.20 Å². The number of H-pyrrole nitrogens is 1. The highest BCUT2D eigenvalue weighted by Gasteiger charge is 2.34. The van der Waals surface area contributed by atoms with E-state index in [4.69, 9.17) is 9.47 Å². The molecule has 1 aromatic heterocycles. The number of hydrogen-bond donors (Lipinski definition) is 1. The second-order valence-electron chi connectivity index (χ2n) is 4.92. The molecule has 1 amide bonds. The highest BCUT2D eigenvalue weighted by Crippen LogP contribution is 2.20. The van der Waals surface area contributed by atoms with Crippen LogP contribution in [-0.4, -0.2) is 79.3 Å². The first-order valence-electron chi connectivity index (χ1n) is 7.54. The SMILES string of the molecule is CCOC(=O)c1cn[nH]c1S(=O)(=O)N1CCN(C(=O)OCC)CC1. The Labute approximate surface area is 139 Å². The lowest BCUT2D eigenvalue weighted by Gasteiger charge is -2.32. The number of carbonyl (C=O) groups is 2. The molecular weight excluding hydrogens is 340 g/mol. The maximum atomic E-state index is 12.7. The summed E-state index contributed by atoms with van der Waals surface area (Å²) in [6.07, 6.45) is 0.656. The van der Waals surface area contributed by atoms with Gasteiger partial charge in [0.25, 0.3) is 10.0 Å². The van der Waals surface area contributed by atoms with Crippen LogP contribution >= 0.6 is 0 Å². The van der Waals surface area contributed by atoms with E-state index in [1.807, 2.05) is 0 Å². The molecule has 1 aliphatic rings. The number of esters is 1. The second kappa shape index (κ2) is 7.62. The van der Waals surface area contributed by atoms with Crippen LogP contribution in [0.3, 0.4) is 0 Å². The van der Waals surface area contributed by atoms with Crippen molar-refractivity contribution in [3.8, 4) is 0 Å². The van der Waals surface area contributed by atoms with Crippen LogP contribution in [0.4, 0.5) is 4.79 Å². The smallest absolute Gasteiger partial charge is 0.409 e. The Morgan fingerprint density at radius 2 is 1.79 bits per heavy atom. The Morgan fingerprint density at radius 1 is 1.17 bits per heavy atom. The maximum absolute atomic E-state index is 12.7. The first-order chi connectivity index (χ1) is 11.4. The van der Waals surface area contributed by atoms with E-state index in [1.165, 1.54) is 9.21 Å². The minimum atomic E-state index is -3.94. The van der Waals surface area contributed by atoms with Crippen LogP contribution in [0.1, 0.15) is 24.2 Å². The molecule has 0 aromatic carbocycles. The van der Waals surface area contributed by atoms with Crippen molar-refractivity contribution in [2.45, 2.75) is 18.9 Å². The molecule has 1 saturated heterocycles. The fourth-order valence-electron chi connectivity index (χ4n) is 2.28. The first-order valence-corrected chi connectivity index (χ1v) is 8.98. The quantitative estimate of drug-likeness (QED) is 0.736. The molecule has 0 atom stereocenters. The van der Waals surface area contributed by atoms with Crippen molar-refractivity contribution >= 4 is 22.1 Å². The van der Waals surface area contributed by atoms with Gasteiger partial charge in [-0.2, -0.15) is 9.40 Å². The molecular formula is C13H20N4O6S. The van der Waals surface area contributed by atoms with Crippen LogP contribution in [0.2, 0.25) is 0 Å². The van der Waals surface area contributed by atoms with Gasteiger partial charge in [-0.3, -0.25) is 5.10 Å². The van der Waals surface area contributed by atoms with Crippen molar-refractivity contribution < 1.29 is 27.5 Å². The van der Waals surface area contributed by atoms with E-state index < -0.39 is 22.1 Å². The summed E-state index contributed by atoms with van der Waals surface area (Å²) in [4.78, 5) is 24.9. The Morgan fingerprint density at radius 3 is 2.38 bits per heavy atom. The minimum absolute atomic E-state index is 0.0996. The molecule has 11 heteroatoms. The van der Waals surface area contributed by atoms with Gasteiger partial charge >= 0.3 is 12.1 Å². The molecule has 2 heterocycles. The zero-order chi connectivity index (χ0) is 17.7. The van der Waals surface area contributed by atoms with Crippen LogP contribution in [0, 0.1) is 0 Å². The van der Waals surface area contributed by atoms with Crippen molar-refractivity contribution in [1.82, 2.24) is 19.4 Å². The average molecular weight is 360 g/mol. The van der Waals surface area contributed by atoms with E-state index in [9.17, 15) is 18.0 Å². The van der Waals surface area contributed by atoms with Gasteiger partial charge in [-0.1, -0.05) is 0 Å². The van der Waals surface area contributed by atoms with Gasteiger partial charge < -0.3 is 14.4 Å². The summed E-state index contributed by atoms with van der Waals surface area (Å²) in [7, 11) is -3.94. The minimum Gasteiger partial charge on any atom is -0.462 e. The number of carbonyl (C=O) groups excluding carboxylic acids is 2. The number of sulfonamides is 1. The Hall–Kier alpha value is -2.14. The molecule has 1 aliphatic heterocycles. The largest absolute Gasteiger partial charge is 0.462 e. The van der Waals surface area contributed by atoms with Crippen molar-refractivity contribution in [2.75, 3.05) is 39.4 Å². The number of amides is 1. The lowest BCUT2D eigenvalue weighted by Crippen LogP contribution is -2.50. The zero-order valence-electron chi connectivity index (χ0n) is 13.5. The van der Waals surface area contributed by atoms with Crippen molar-refractivity contribution in [3.05, 3.63) is 11.8 Å². The zero-order valence-corrected chi connectivity index (χ0v) is 14.3. The summed E-state index contributed by atoms with van der Waals surface area (Å²) >= 11 is 0. The number of ether oxygens (including phenoxy) is 2. The van der Waals surface area contributed by atoms with Crippen molar-refractivity contribution in [3.63, 3.8) is 0 Å². The Kier molecular flexibility index (Phi) is 5.78. The van der Waals surface area contributed by atoms with Gasteiger partial charge in [0.2, 0.25) is 0 Å². The average Bonchev–Trinajstić information content (AvgIpc) is 3.06. The number of aromatic amines is 1. The Bertz CT molecular complexity index is 693. The molecule has 0 unspecified atom stereocenters. The van der Waals surface area contributed by atoms with Crippen molar-refractivity contribution in [2.24, 2.45) is 0 Å². The highest BCUT2D eigenvalue weighted by atomic mass is 32.2. The second-order valence-corrected chi connectivity index (χ2v) is 6.80. The lowest BCUT2D eigenvalue weighted by atomic mass is 10.4. The van der Waals surface area contributed by atoms with Gasteiger partial charge in [0.1, 0.15) is 5.56 Å². The maximum Gasteiger partial charge on any atom is 0.409 e. The number of aromatic nitrogens is 2. The van der Waals surface area contributed by atoms with Gasteiger partial charge in [-0.05, 0) is 13.8 Å². The third-order valence-corrected chi connectivity index (χ3v) is 5.33. The van der Waals surface area contributed by atoms with Gasteiger partial charge in [0, 0.05) is 26.2 Å². The molecule has 1 aromatic rings. The summed E-state index contributed by atoms with van der Waals surface area (Å²) in [5.74, 6) is -0.755.